The van der Waals surface area contributed by atoms with Crippen molar-refractivity contribution in [2.75, 3.05) is 0 Å². The third kappa shape index (κ3) is 3.17. The quantitative estimate of drug-likeness (QED) is 0.883. The van der Waals surface area contributed by atoms with Crippen LogP contribution in [0.3, 0.4) is 0 Å². The lowest BCUT2D eigenvalue weighted by Crippen LogP contribution is -2.23. The maximum Gasteiger partial charge on any atom is 0.106 e. The van der Waals surface area contributed by atoms with Gasteiger partial charge < -0.3 is 9.88 Å². The average Bonchev–Trinajstić information content (AvgIpc) is 2.89. The molecule has 0 aliphatic rings. The minimum Gasteiger partial charge on any atom is -0.327 e. The van der Waals surface area contributed by atoms with E-state index in [0.29, 0.717) is 6.04 Å². The van der Waals surface area contributed by atoms with E-state index in [-0.39, 0.29) is 0 Å². The monoisotopic (exact) mass is 249 g/mol. The molecule has 2 rings (SSSR count). The van der Waals surface area contributed by atoms with Crippen molar-refractivity contribution in [3.63, 3.8) is 0 Å². The van der Waals surface area contributed by atoms with Gasteiger partial charge in [0.2, 0.25) is 0 Å². The van der Waals surface area contributed by atoms with Gasteiger partial charge in [0.15, 0.2) is 0 Å². The van der Waals surface area contributed by atoms with Crippen molar-refractivity contribution in [3.8, 4) is 0 Å². The first-order valence-electron chi connectivity index (χ1n) is 5.92. The smallest absolute Gasteiger partial charge is 0.106 e. The van der Waals surface area contributed by atoms with Crippen molar-refractivity contribution >= 4 is 11.3 Å². The van der Waals surface area contributed by atoms with E-state index >= 15 is 0 Å². The summed E-state index contributed by atoms with van der Waals surface area (Å²) in [5, 5.41) is 7.75. The summed E-state index contributed by atoms with van der Waals surface area (Å²) in [5.74, 6) is 1.08. The molecular formula is C13H19N3S. The van der Waals surface area contributed by atoms with E-state index in [4.69, 9.17) is 0 Å². The molecule has 0 spiro atoms. The van der Waals surface area contributed by atoms with Crippen LogP contribution >= 0.6 is 11.3 Å². The zero-order valence-electron chi connectivity index (χ0n) is 10.6. The lowest BCUT2D eigenvalue weighted by molar-refractivity contribution is 0.562. The number of nitrogens with zero attached hydrogens (tertiary/aromatic N) is 2. The van der Waals surface area contributed by atoms with Crippen molar-refractivity contribution < 1.29 is 0 Å². The van der Waals surface area contributed by atoms with Gasteiger partial charge in [0, 0.05) is 25.3 Å². The number of hydrogen-bond donors (Lipinski definition) is 1. The normalized spacial score (nSPS) is 11.3. The van der Waals surface area contributed by atoms with Gasteiger partial charge in [0.05, 0.1) is 5.69 Å². The van der Waals surface area contributed by atoms with E-state index in [2.05, 4.69) is 52.5 Å². The van der Waals surface area contributed by atoms with E-state index in [1.165, 1.54) is 11.3 Å². The van der Waals surface area contributed by atoms with Crippen LogP contribution in [0.4, 0.5) is 0 Å². The maximum absolute atomic E-state index is 4.40. The van der Waals surface area contributed by atoms with Gasteiger partial charge in [-0.05, 0) is 29.3 Å². The molecule has 0 fully saturated rings. The number of rotatable bonds is 5. The largest absolute Gasteiger partial charge is 0.327 e. The van der Waals surface area contributed by atoms with Gasteiger partial charge in [-0.1, -0.05) is 13.8 Å². The highest BCUT2D eigenvalue weighted by Crippen LogP contribution is 2.12. The van der Waals surface area contributed by atoms with Crippen LogP contribution < -0.4 is 5.32 Å². The van der Waals surface area contributed by atoms with E-state index in [0.717, 1.165) is 18.9 Å². The topological polar surface area (TPSA) is 29.9 Å². The molecule has 0 saturated heterocycles. The first-order chi connectivity index (χ1) is 8.16. The molecule has 2 aromatic rings. The summed E-state index contributed by atoms with van der Waals surface area (Å²) in [5.41, 5.74) is 2.60. The molecule has 1 N–H and O–H groups in total. The third-order valence-corrected chi connectivity index (χ3v) is 3.48. The van der Waals surface area contributed by atoms with Gasteiger partial charge in [0.25, 0.3) is 0 Å². The average molecular weight is 249 g/mol. The van der Waals surface area contributed by atoms with Crippen LogP contribution in [-0.4, -0.2) is 15.6 Å². The molecule has 0 aliphatic carbocycles. The molecule has 2 aromatic heterocycles. The Labute approximate surface area is 107 Å². The Morgan fingerprint density at radius 3 is 2.94 bits per heavy atom. The maximum atomic E-state index is 4.40. The van der Waals surface area contributed by atoms with Crippen molar-refractivity contribution in [1.29, 1.82) is 0 Å². The Balaban J connectivity index is 2.12. The summed E-state index contributed by atoms with van der Waals surface area (Å²) >= 11 is 1.74. The molecular weight excluding hydrogens is 230 g/mol. The summed E-state index contributed by atoms with van der Waals surface area (Å²) in [6, 6.07) is 2.67. The fourth-order valence-electron chi connectivity index (χ4n) is 1.75. The fourth-order valence-corrected chi connectivity index (χ4v) is 2.41. The van der Waals surface area contributed by atoms with Crippen LogP contribution in [0.1, 0.15) is 30.9 Å². The molecule has 4 heteroatoms. The van der Waals surface area contributed by atoms with Crippen LogP contribution in [0, 0.1) is 6.92 Å². The molecule has 0 saturated carbocycles. The van der Waals surface area contributed by atoms with E-state index in [9.17, 15) is 0 Å². The van der Waals surface area contributed by atoms with Gasteiger partial charge in [-0.25, -0.2) is 4.98 Å². The van der Waals surface area contributed by atoms with Gasteiger partial charge in [0.1, 0.15) is 5.82 Å². The summed E-state index contributed by atoms with van der Waals surface area (Å²) in [6.45, 7) is 8.18. The zero-order chi connectivity index (χ0) is 12.3. The van der Waals surface area contributed by atoms with E-state index < -0.39 is 0 Å². The van der Waals surface area contributed by atoms with Crippen LogP contribution in [0.15, 0.2) is 23.0 Å². The number of nitrogens with one attached hydrogen (secondary N) is 1. The third-order valence-electron chi connectivity index (χ3n) is 2.75. The molecule has 3 nitrogen and oxygen atoms in total. The Kier molecular flexibility index (Phi) is 3.97. The van der Waals surface area contributed by atoms with Gasteiger partial charge >= 0.3 is 0 Å². The molecule has 0 aliphatic heterocycles. The number of imidazole rings is 1. The Hall–Kier alpha value is -1.13. The Bertz CT molecular complexity index is 457. The number of aromatic nitrogens is 2. The SMILES string of the molecule is Cc1ncc(CNC(C)C)n1Cc1ccsc1. The first-order valence-corrected chi connectivity index (χ1v) is 6.86. The summed E-state index contributed by atoms with van der Waals surface area (Å²) in [4.78, 5) is 4.40. The highest BCUT2D eigenvalue weighted by molar-refractivity contribution is 7.07. The van der Waals surface area contributed by atoms with Gasteiger partial charge in [-0.2, -0.15) is 11.3 Å². The first kappa shape index (κ1) is 12.3. The molecule has 0 amide bonds. The number of aryl methyl sites for hydroxylation is 1. The van der Waals surface area contributed by atoms with Crippen LogP contribution in [0.25, 0.3) is 0 Å². The Morgan fingerprint density at radius 2 is 2.29 bits per heavy atom. The minimum absolute atomic E-state index is 0.500. The standard InChI is InChI=1S/C13H19N3S/c1-10(2)14-6-13-7-15-11(3)16(13)8-12-4-5-17-9-12/h4-5,7,9-10,14H,6,8H2,1-3H3. The summed E-state index contributed by atoms with van der Waals surface area (Å²) < 4.78 is 2.28. The van der Waals surface area contributed by atoms with Crippen molar-refractivity contribution in [2.24, 2.45) is 0 Å². The number of hydrogen-bond acceptors (Lipinski definition) is 3. The zero-order valence-corrected chi connectivity index (χ0v) is 11.4. The molecule has 0 unspecified atom stereocenters. The molecule has 92 valence electrons. The van der Waals surface area contributed by atoms with E-state index in [1.807, 2.05) is 6.20 Å². The Morgan fingerprint density at radius 1 is 1.47 bits per heavy atom. The van der Waals surface area contributed by atoms with Gasteiger partial charge in [-0.3, -0.25) is 0 Å². The number of thiophene rings is 1. The molecule has 0 bridgehead atoms. The van der Waals surface area contributed by atoms with Crippen LogP contribution in [0.2, 0.25) is 0 Å². The van der Waals surface area contributed by atoms with E-state index in [1.54, 1.807) is 11.3 Å². The van der Waals surface area contributed by atoms with Crippen LogP contribution in [0.5, 0.6) is 0 Å². The van der Waals surface area contributed by atoms with Crippen molar-refractivity contribution in [3.05, 3.63) is 40.1 Å². The molecule has 0 aromatic carbocycles. The lowest BCUT2D eigenvalue weighted by Gasteiger charge is -2.12. The molecule has 0 atom stereocenters. The van der Waals surface area contributed by atoms with Crippen molar-refractivity contribution in [2.45, 2.75) is 39.9 Å². The highest BCUT2D eigenvalue weighted by atomic mass is 32.1. The molecule has 17 heavy (non-hydrogen) atoms. The predicted molar refractivity (Wildman–Crippen MR) is 72.4 cm³/mol. The second-order valence-electron chi connectivity index (χ2n) is 4.55. The summed E-state index contributed by atoms with van der Waals surface area (Å²) in [7, 11) is 0. The fraction of sp³-hybridized carbons (Fsp3) is 0.462. The minimum atomic E-state index is 0.500. The lowest BCUT2D eigenvalue weighted by atomic mass is 10.3. The predicted octanol–water partition coefficient (Wildman–Crippen LogP) is 2.80. The second-order valence-corrected chi connectivity index (χ2v) is 5.33. The molecule has 0 radical (unpaired) electrons. The van der Waals surface area contributed by atoms with Crippen LogP contribution in [-0.2, 0) is 13.1 Å². The molecule has 2 heterocycles. The summed E-state index contributed by atoms with van der Waals surface area (Å²) in [6.07, 6.45) is 1.97. The second kappa shape index (κ2) is 5.47. The van der Waals surface area contributed by atoms with Crippen molar-refractivity contribution in [1.82, 2.24) is 14.9 Å². The van der Waals surface area contributed by atoms with Gasteiger partial charge in [-0.15, -0.1) is 0 Å². The highest BCUT2D eigenvalue weighted by Gasteiger charge is 2.07.